The third-order valence-electron chi connectivity index (χ3n) is 3.21. The second-order valence-corrected chi connectivity index (χ2v) is 5.04. The van der Waals surface area contributed by atoms with E-state index in [9.17, 15) is 4.79 Å². The first kappa shape index (κ1) is 12.8. The fraction of sp³-hybridized carbons (Fsp3) is 0.467. The van der Waals surface area contributed by atoms with Crippen molar-refractivity contribution in [1.82, 2.24) is 9.55 Å². The Morgan fingerprint density at radius 2 is 2.00 bits per heavy atom. The van der Waals surface area contributed by atoms with Crippen molar-refractivity contribution in [3.05, 3.63) is 40.4 Å². The quantitative estimate of drug-likeness (QED) is 0.828. The van der Waals surface area contributed by atoms with Gasteiger partial charge in [0.15, 0.2) is 0 Å². The molecule has 0 aliphatic carbocycles. The molecule has 3 heteroatoms. The van der Waals surface area contributed by atoms with Crippen LogP contribution in [0.3, 0.4) is 0 Å². The van der Waals surface area contributed by atoms with E-state index >= 15 is 0 Å². The van der Waals surface area contributed by atoms with Crippen molar-refractivity contribution in [2.75, 3.05) is 0 Å². The van der Waals surface area contributed by atoms with Crippen LogP contribution >= 0.6 is 0 Å². The third-order valence-corrected chi connectivity index (χ3v) is 3.21. The standard InChI is InChI=1S/C15H20N2O/c1-4-14-16-15(18)12-7-5-6-8-13(12)17(14)10-9-11(2)3/h5-8,11H,4,9-10H2,1-3H3. The van der Waals surface area contributed by atoms with Crippen LogP contribution in [-0.2, 0) is 13.0 Å². The molecule has 2 aromatic rings. The summed E-state index contributed by atoms with van der Waals surface area (Å²) in [5, 5.41) is 0.721. The van der Waals surface area contributed by atoms with Crippen LogP contribution in [0.4, 0.5) is 0 Å². The molecule has 18 heavy (non-hydrogen) atoms. The smallest absolute Gasteiger partial charge is 0.280 e. The molecule has 0 amide bonds. The molecular weight excluding hydrogens is 224 g/mol. The lowest BCUT2D eigenvalue weighted by Gasteiger charge is -2.15. The van der Waals surface area contributed by atoms with Crippen molar-refractivity contribution >= 4 is 10.9 Å². The highest BCUT2D eigenvalue weighted by Gasteiger charge is 2.09. The molecule has 1 heterocycles. The predicted molar refractivity (Wildman–Crippen MR) is 74.8 cm³/mol. The summed E-state index contributed by atoms with van der Waals surface area (Å²) >= 11 is 0. The van der Waals surface area contributed by atoms with Crippen LogP contribution in [-0.4, -0.2) is 9.55 Å². The van der Waals surface area contributed by atoms with Gasteiger partial charge in [-0.25, -0.2) is 0 Å². The first-order valence-corrected chi connectivity index (χ1v) is 6.62. The van der Waals surface area contributed by atoms with Gasteiger partial charge in [-0.1, -0.05) is 32.9 Å². The third kappa shape index (κ3) is 2.45. The van der Waals surface area contributed by atoms with Crippen molar-refractivity contribution in [2.45, 2.75) is 40.2 Å². The van der Waals surface area contributed by atoms with Crippen LogP contribution in [0.15, 0.2) is 29.1 Å². The van der Waals surface area contributed by atoms with Crippen LogP contribution in [0.25, 0.3) is 10.9 Å². The highest BCUT2D eigenvalue weighted by Crippen LogP contribution is 2.14. The molecule has 0 radical (unpaired) electrons. The summed E-state index contributed by atoms with van der Waals surface area (Å²) in [5.74, 6) is 1.53. The maximum Gasteiger partial charge on any atom is 0.280 e. The summed E-state index contributed by atoms with van der Waals surface area (Å²) in [6.07, 6.45) is 1.89. The van der Waals surface area contributed by atoms with Gasteiger partial charge in [-0.05, 0) is 24.5 Å². The number of nitrogens with zero attached hydrogens (tertiary/aromatic N) is 2. The molecule has 3 nitrogen and oxygen atoms in total. The van der Waals surface area contributed by atoms with Gasteiger partial charge in [0.25, 0.3) is 5.56 Å². The molecule has 0 aliphatic heterocycles. The highest BCUT2D eigenvalue weighted by molar-refractivity contribution is 5.78. The summed E-state index contributed by atoms with van der Waals surface area (Å²) in [6.45, 7) is 7.39. The Morgan fingerprint density at radius 3 is 2.67 bits per heavy atom. The number of fused-ring (bicyclic) bond motifs is 1. The van der Waals surface area contributed by atoms with Crippen LogP contribution in [0.2, 0.25) is 0 Å². The first-order valence-electron chi connectivity index (χ1n) is 6.62. The summed E-state index contributed by atoms with van der Waals surface area (Å²) in [7, 11) is 0. The molecule has 0 atom stereocenters. The Labute approximate surface area is 107 Å². The van der Waals surface area contributed by atoms with Gasteiger partial charge in [-0.3, -0.25) is 4.79 Å². The van der Waals surface area contributed by atoms with E-state index in [1.54, 1.807) is 0 Å². The van der Waals surface area contributed by atoms with E-state index in [1.165, 1.54) is 0 Å². The minimum Gasteiger partial charge on any atom is -0.329 e. The van der Waals surface area contributed by atoms with Crippen molar-refractivity contribution in [3.63, 3.8) is 0 Å². The van der Waals surface area contributed by atoms with E-state index in [2.05, 4.69) is 23.4 Å². The van der Waals surface area contributed by atoms with Gasteiger partial charge in [0, 0.05) is 13.0 Å². The van der Waals surface area contributed by atoms with Crippen molar-refractivity contribution < 1.29 is 0 Å². The number of rotatable bonds is 4. The molecule has 0 fully saturated rings. The molecule has 1 aromatic heterocycles. The highest BCUT2D eigenvalue weighted by atomic mass is 16.1. The molecule has 0 saturated heterocycles. The SMILES string of the molecule is CCc1nc(=O)c2ccccc2n1CCC(C)C. The van der Waals surface area contributed by atoms with Gasteiger partial charge in [0.05, 0.1) is 10.9 Å². The van der Waals surface area contributed by atoms with Gasteiger partial charge >= 0.3 is 0 Å². The van der Waals surface area contributed by atoms with Gasteiger partial charge in [0.1, 0.15) is 5.82 Å². The topological polar surface area (TPSA) is 34.9 Å². The van der Waals surface area contributed by atoms with Crippen LogP contribution in [0.5, 0.6) is 0 Å². The molecular formula is C15H20N2O. The van der Waals surface area contributed by atoms with E-state index in [-0.39, 0.29) is 5.56 Å². The molecule has 96 valence electrons. The van der Waals surface area contributed by atoms with Crippen molar-refractivity contribution in [3.8, 4) is 0 Å². The molecule has 1 aromatic carbocycles. The molecule has 2 rings (SSSR count). The Kier molecular flexibility index (Phi) is 3.80. The minimum atomic E-state index is -0.108. The number of aromatic nitrogens is 2. The molecule has 0 saturated carbocycles. The van der Waals surface area contributed by atoms with E-state index in [4.69, 9.17) is 0 Å². The van der Waals surface area contributed by atoms with Crippen LogP contribution < -0.4 is 5.56 Å². The Balaban J connectivity index is 2.60. The molecule has 0 N–H and O–H groups in total. The maximum absolute atomic E-state index is 11.9. The maximum atomic E-state index is 11.9. The summed E-state index contributed by atoms with van der Waals surface area (Å²) in [4.78, 5) is 16.1. The van der Waals surface area contributed by atoms with Crippen molar-refractivity contribution in [1.29, 1.82) is 0 Å². The number of hydrogen-bond acceptors (Lipinski definition) is 2. The Hall–Kier alpha value is -1.64. The average Bonchev–Trinajstić information content (AvgIpc) is 2.37. The van der Waals surface area contributed by atoms with Gasteiger partial charge < -0.3 is 4.57 Å². The minimum absolute atomic E-state index is 0.108. The lowest BCUT2D eigenvalue weighted by Crippen LogP contribution is -2.19. The van der Waals surface area contributed by atoms with E-state index in [1.807, 2.05) is 31.2 Å². The molecule has 0 bridgehead atoms. The predicted octanol–water partition coefficient (Wildman–Crippen LogP) is 3.01. The monoisotopic (exact) mass is 244 g/mol. The normalized spacial score (nSPS) is 11.3. The number of hydrogen-bond donors (Lipinski definition) is 0. The first-order chi connectivity index (χ1) is 8.63. The second-order valence-electron chi connectivity index (χ2n) is 5.04. The van der Waals surface area contributed by atoms with E-state index < -0.39 is 0 Å². The number of aryl methyl sites for hydroxylation is 2. The zero-order valence-corrected chi connectivity index (χ0v) is 11.3. The lowest BCUT2D eigenvalue weighted by molar-refractivity contribution is 0.508. The van der Waals surface area contributed by atoms with Gasteiger partial charge in [0.2, 0.25) is 0 Å². The molecule has 0 unspecified atom stereocenters. The van der Waals surface area contributed by atoms with Gasteiger partial charge in [-0.15, -0.1) is 0 Å². The average molecular weight is 244 g/mol. The van der Waals surface area contributed by atoms with E-state index in [0.29, 0.717) is 5.92 Å². The summed E-state index contributed by atoms with van der Waals surface area (Å²) < 4.78 is 2.19. The van der Waals surface area contributed by atoms with Crippen molar-refractivity contribution in [2.24, 2.45) is 5.92 Å². The second kappa shape index (κ2) is 5.34. The fourth-order valence-corrected chi connectivity index (χ4v) is 2.17. The van der Waals surface area contributed by atoms with Crippen LogP contribution in [0, 0.1) is 5.92 Å². The Morgan fingerprint density at radius 1 is 1.28 bits per heavy atom. The fourth-order valence-electron chi connectivity index (χ4n) is 2.17. The largest absolute Gasteiger partial charge is 0.329 e. The van der Waals surface area contributed by atoms with Crippen LogP contribution in [0.1, 0.15) is 33.0 Å². The molecule has 0 aliphatic rings. The molecule has 0 spiro atoms. The Bertz CT molecular complexity index is 599. The van der Waals surface area contributed by atoms with Gasteiger partial charge in [-0.2, -0.15) is 4.98 Å². The summed E-state index contributed by atoms with van der Waals surface area (Å²) in [5.41, 5.74) is 0.901. The number of para-hydroxylation sites is 1. The zero-order valence-electron chi connectivity index (χ0n) is 11.3. The lowest BCUT2D eigenvalue weighted by atomic mass is 10.1. The zero-order chi connectivity index (χ0) is 13.1. The summed E-state index contributed by atoms with van der Waals surface area (Å²) in [6, 6.07) is 7.74. The number of benzene rings is 1. The van der Waals surface area contributed by atoms with E-state index in [0.717, 1.165) is 36.1 Å².